The van der Waals surface area contributed by atoms with Crippen molar-refractivity contribution in [2.45, 2.75) is 6.54 Å². The standard InChI is InChI=1S/C14H12N2O2/c15-9-5-6-13-11(7-9)10-3-1-2-4-12(10)16(13)8-14(17)18/h1-7H,8,15H2,(H,17,18). The Hall–Kier alpha value is -2.49. The van der Waals surface area contributed by atoms with E-state index in [4.69, 9.17) is 10.8 Å². The zero-order valence-electron chi connectivity index (χ0n) is 9.63. The fourth-order valence-corrected chi connectivity index (χ4v) is 2.38. The number of carboxylic acids is 1. The number of hydrogen-bond donors (Lipinski definition) is 2. The van der Waals surface area contributed by atoms with Crippen LogP contribution in [-0.4, -0.2) is 15.6 Å². The van der Waals surface area contributed by atoms with Crippen LogP contribution in [0.5, 0.6) is 0 Å². The molecule has 0 spiro atoms. The van der Waals surface area contributed by atoms with Crippen LogP contribution in [0.4, 0.5) is 5.69 Å². The van der Waals surface area contributed by atoms with Gasteiger partial charge >= 0.3 is 5.97 Å². The first-order valence-electron chi connectivity index (χ1n) is 5.65. The Bertz CT molecular complexity index is 759. The molecule has 0 atom stereocenters. The van der Waals surface area contributed by atoms with Gasteiger partial charge < -0.3 is 15.4 Å². The van der Waals surface area contributed by atoms with Gasteiger partial charge in [0.1, 0.15) is 6.54 Å². The number of anilines is 1. The molecule has 0 bridgehead atoms. The number of para-hydroxylation sites is 1. The van der Waals surface area contributed by atoms with Crippen LogP contribution in [0, 0.1) is 0 Å². The molecule has 3 rings (SSSR count). The summed E-state index contributed by atoms with van der Waals surface area (Å²) in [7, 11) is 0. The van der Waals surface area contributed by atoms with Gasteiger partial charge in [0.05, 0.1) is 0 Å². The molecule has 0 unspecified atom stereocenters. The van der Waals surface area contributed by atoms with Crippen molar-refractivity contribution in [2.75, 3.05) is 5.73 Å². The van der Waals surface area contributed by atoms with Crippen LogP contribution < -0.4 is 5.73 Å². The molecular formula is C14H12N2O2. The van der Waals surface area contributed by atoms with Crippen LogP contribution in [0.25, 0.3) is 21.8 Å². The average Bonchev–Trinajstić information content (AvgIpc) is 2.64. The highest BCUT2D eigenvalue weighted by Gasteiger charge is 2.12. The maximum absolute atomic E-state index is 11.0. The quantitative estimate of drug-likeness (QED) is 0.676. The molecule has 1 aromatic heterocycles. The maximum Gasteiger partial charge on any atom is 0.323 e. The van der Waals surface area contributed by atoms with E-state index in [-0.39, 0.29) is 6.54 Å². The monoisotopic (exact) mass is 240 g/mol. The highest BCUT2D eigenvalue weighted by atomic mass is 16.4. The van der Waals surface area contributed by atoms with Crippen molar-refractivity contribution in [1.29, 1.82) is 0 Å². The Labute approximate surface area is 103 Å². The SMILES string of the molecule is Nc1ccc2c(c1)c1ccccc1n2CC(=O)O. The molecule has 90 valence electrons. The molecule has 1 heterocycles. The number of hydrogen-bond acceptors (Lipinski definition) is 2. The minimum absolute atomic E-state index is 0.0477. The Morgan fingerprint density at radius 3 is 2.61 bits per heavy atom. The molecular weight excluding hydrogens is 228 g/mol. The molecule has 3 aromatic rings. The molecule has 0 saturated heterocycles. The molecule has 0 aliphatic rings. The lowest BCUT2D eigenvalue weighted by Gasteiger charge is -2.03. The number of carboxylic acid groups (broad SMARTS) is 1. The first-order valence-corrected chi connectivity index (χ1v) is 5.65. The van der Waals surface area contributed by atoms with E-state index in [0.29, 0.717) is 5.69 Å². The lowest BCUT2D eigenvalue weighted by molar-refractivity contribution is -0.137. The number of nitrogens with two attached hydrogens (primary N) is 1. The minimum Gasteiger partial charge on any atom is -0.480 e. The van der Waals surface area contributed by atoms with Crippen LogP contribution in [0.3, 0.4) is 0 Å². The summed E-state index contributed by atoms with van der Waals surface area (Å²) in [5.41, 5.74) is 8.29. The molecule has 3 N–H and O–H groups in total. The molecule has 4 nitrogen and oxygen atoms in total. The number of rotatable bonds is 2. The van der Waals surface area contributed by atoms with Crippen LogP contribution in [0.2, 0.25) is 0 Å². The van der Waals surface area contributed by atoms with Gasteiger partial charge in [0.2, 0.25) is 0 Å². The molecule has 2 aromatic carbocycles. The number of nitrogen functional groups attached to an aromatic ring is 1. The highest BCUT2D eigenvalue weighted by Crippen LogP contribution is 2.30. The predicted octanol–water partition coefficient (Wildman–Crippen LogP) is 2.46. The topological polar surface area (TPSA) is 68.2 Å². The summed E-state index contributed by atoms with van der Waals surface area (Å²) in [5, 5.41) is 11.0. The van der Waals surface area contributed by atoms with Crippen LogP contribution in [0.1, 0.15) is 0 Å². The number of fused-ring (bicyclic) bond motifs is 3. The summed E-state index contributed by atoms with van der Waals surface area (Å²) < 4.78 is 1.80. The van der Waals surface area contributed by atoms with Crippen molar-refractivity contribution < 1.29 is 9.90 Å². The Morgan fingerprint density at radius 1 is 1.11 bits per heavy atom. The second kappa shape index (κ2) is 3.77. The largest absolute Gasteiger partial charge is 0.480 e. The van der Waals surface area contributed by atoms with E-state index in [0.717, 1.165) is 21.8 Å². The zero-order valence-corrected chi connectivity index (χ0v) is 9.63. The zero-order chi connectivity index (χ0) is 12.7. The smallest absolute Gasteiger partial charge is 0.323 e. The second-order valence-electron chi connectivity index (χ2n) is 4.27. The molecule has 0 amide bonds. The van der Waals surface area contributed by atoms with E-state index in [9.17, 15) is 4.79 Å². The molecule has 0 saturated carbocycles. The van der Waals surface area contributed by atoms with Gasteiger partial charge in [0, 0.05) is 27.5 Å². The van der Waals surface area contributed by atoms with E-state index in [2.05, 4.69) is 0 Å². The van der Waals surface area contributed by atoms with Gasteiger partial charge in [-0.15, -0.1) is 0 Å². The van der Waals surface area contributed by atoms with Gasteiger partial charge in [0.15, 0.2) is 0 Å². The predicted molar refractivity (Wildman–Crippen MR) is 71.5 cm³/mol. The van der Waals surface area contributed by atoms with E-state index >= 15 is 0 Å². The highest BCUT2D eigenvalue weighted by molar-refractivity contribution is 6.09. The normalized spacial score (nSPS) is 11.1. The second-order valence-corrected chi connectivity index (χ2v) is 4.27. The Kier molecular flexibility index (Phi) is 2.23. The van der Waals surface area contributed by atoms with Crippen LogP contribution in [0.15, 0.2) is 42.5 Å². The lowest BCUT2D eigenvalue weighted by Crippen LogP contribution is -2.08. The van der Waals surface area contributed by atoms with Crippen molar-refractivity contribution in [3.63, 3.8) is 0 Å². The number of carbonyl (C=O) groups is 1. The van der Waals surface area contributed by atoms with Gasteiger partial charge in [-0.3, -0.25) is 4.79 Å². The van der Waals surface area contributed by atoms with Gasteiger partial charge in [-0.25, -0.2) is 0 Å². The third kappa shape index (κ3) is 1.50. The van der Waals surface area contributed by atoms with Gasteiger partial charge in [-0.1, -0.05) is 18.2 Å². The summed E-state index contributed by atoms with van der Waals surface area (Å²) in [4.78, 5) is 11.0. The molecule has 0 fully saturated rings. The molecule has 0 radical (unpaired) electrons. The minimum atomic E-state index is -0.852. The summed E-state index contributed by atoms with van der Waals surface area (Å²) in [6.07, 6.45) is 0. The molecule has 18 heavy (non-hydrogen) atoms. The van der Waals surface area contributed by atoms with Crippen molar-refractivity contribution in [1.82, 2.24) is 4.57 Å². The van der Waals surface area contributed by atoms with Crippen molar-refractivity contribution in [3.8, 4) is 0 Å². The van der Waals surface area contributed by atoms with E-state index in [1.54, 1.807) is 10.6 Å². The fourth-order valence-electron chi connectivity index (χ4n) is 2.38. The third-order valence-electron chi connectivity index (χ3n) is 3.09. The van der Waals surface area contributed by atoms with Gasteiger partial charge in [0.25, 0.3) is 0 Å². The Morgan fingerprint density at radius 2 is 1.83 bits per heavy atom. The van der Waals surface area contributed by atoms with Gasteiger partial charge in [-0.05, 0) is 24.3 Å². The number of nitrogens with zero attached hydrogens (tertiary/aromatic N) is 1. The molecule has 4 heteroatoms. The van der Waals surface area contributed by atoms with Crippen molar-refractivity contribution in [2.24, 2.45) is 0 Å². The summed E-state index contributed by atoms with van der Waals surface area (Å²) in [5.74, 6) is -0.852. The van der Waals surface area contributed by atoms with E-state index in [1.165, 1.54) is 0 Å². The first-order chi connectivity index (χ1) is 8.66. The summed E-state index contributed by atoms with van der Waals surface area (Å²) in [6, 6.07) is 13.3. The lowest BCUT2D eigenvalue weighted by atomic mass is 10.1. The number of benzene rings is 2. The van der Waals surface area contributed by atoms with Gasteiger partial charge in [-0.2, -0.15) is 0 Å². The van der Waals surface area contributed by atoms with E-state index < -0.39 is 5.97 Å². The van der Waals surface area contributed by atoms with Crippen molar-refractivity contribution >= 4 is 33.5 Å². The Balaban J connectivity index is 2.45. The molecule has 0 aliphatic heterocycles. The fraction of sp³-hybridized carbons (Fsp3) is 0.0714. The number of aliphatic carboxylic acids is 1. The summed E-state index contributed by atoms with van der Waals surface area (Å²) in [6.45, 7) is -0.0477. The maximum atomic E-state index is 11.0. The third-order valence-corrected chi connectivity index (χ3v) is 3.09. The van der Waals surface area contributed by atoms with Crippen LogP contribution >= 0.6 is 0 Å². The first kappa shape index (κ1) is 10.7. The summed E-state index contributed by atoms with van der Waals surface area (Å²) >= 11 is 0. The molecule has 0 aliphatic carbocycles. The van der Waals surface area contributed by atoms with Crippen molar-refractivity contribution in [3.05, 3.63) is 42.5 Å². The van der Waals surface area contributed by atoms with Crippen LogP contribution in [-0.2, 0) is 11.3 Å². The average molecular weight is 240 g/mol. The van der Waals surface area contributed by atoms with E-state index in [1.807, 2.05) is 36.4 Å². The number of aromatic nitrogens is 1.